The highest BCUT2D eigenvalue weighted by molar-refractivity contribution is 6.14. The molecule has 0 amide bonds. The summed E-state index contributed by atoms with van der Waals surface area (Å²) >= 11 is 0. The maximum absolute atomic E-state index is 13.2. The third kappa shape index (κ3) is 3.19. The van der Waals surface area contributed by atoms with E-state index >= 15 is 0 Å². The third-order valence-corrected chi connectivity index (χ3v) is 4.43. The first-order valence-electron chi connectivity index (χ1n) is 7.62. The molecule has 120 valence electrons. The van der Waals surface area contributed by atoms with Crippen molar-refractivity contribution in [2.24, 2.45) is 0 Å². The van der Waals surface area contributed by atoms with Crippen molar-refractivity contribution in [2.75, 3.05) is 7.11 Å². The van der Waals surface area contributed by atoms with Gasteiger partial charge in [-0.2, -0.15) is 0 Å². The van der Waals surface area contributed by atoms with E-state index in [4.69, 9.17) is 4.74 Å². The summed E-state index contributed by atoms with van der Waals surface area (Å²) in [6, 6.07) is 11.1. The Balaban J connectivity index is 2.60. The molecule has 0 aliphatic rings. The van der Waals surface area contributed by atoms with Crippen LogP contribution in [0.15, 0.2) is 36.4 Å². The van der Waals surface area contributed by atoms with Crippen molar-refractivity contribution in [3.05, 3.63) is 69.8 Å². The number of Topliss-reactive ketones (excluding diaryl/α,β-unsaturated/α-hetero) is 1. The Kier molecular flexibility index (Phi) is 4.99. The number of hydrogen-bond acceptors (Lipinski definition) is 3. The molecule has 0 spiro atoms. The van der Waals surface area contributed by atoms with Gasteiger partial charge < -0.3 is 4.74 Å². The molecule has 0 saturated heterocycles. The number of esters is 1. The van der Waals surface area contributed by atoms with Gasteiger partial charge in [0.15, 0.2) is 5.78 Å². The van der Waals surface area contributed by atoms with Gasteiger partial charge in [-0.05, 0) is 55.5 Å². The molecule has 3 nitrogen and oxygen atoms in total. The lowest BCUT2D eigenvalue weighted by Crippen LogP contribution is -2.25. The highest BCUT2D eigenvalue weighted by atomic mass is 16.5. The molecule has 1 atom stereocenters. The molecule has 0 aromatic heterocycles. The summed E-state index contributed by atoms with van der Waals surface area (Å²) in [5, 5.41) is 0. The Hall–Kier alpha value is -2.42. The van der Waals surface area contributed by atoms with Crippen LogP contribution in [0.25, 0.3) is 0 Å². The molecule has 1 unspecified atom stereocenters. The molecule has 2 aromatic rings. The van der Waals surface area contributed by atoms with E-state index in [0.717, 1.165) is 22.3 Å². The summed E-state index contributed by atoms with van der Waals surface area (Å²) < 4.78 is 4.88. The molecule has 2 rings (SSSR count). The first-order valence-corrected chi connectivity index (χ1v) is 7.62. The van der Waals surface area contributed by atoms with Crippen molar-refractivity contribution in [3.63, 3.8) is 0 Å². The molecule has 0 bridgehead atoms. The largest absolute Gasteiger partial charge is 0.468 e. The molecule has 0 saturated carbocycles. The number of carbonyl (C=O) groups is 2. The van der Waals surface area contributed by atoms with Crippen LogP contribution in [0.4, 0.5) is 0 Å². The van der Waals surface area contributed by atoms with E-state index in [0.29, 0.717) is 11.1 Å². The zero-order chi connectivity index (χ0) is 17.1. The lowest BCUT2D eigenvalue weighted by Gasteiger charge is -2.19. The number of ether oxygens (including phenoxy) is 1. The zero-order valence-corrected chi connectivity index (χ0v) is 14.3. The van der Waals surface area contributed by atoms with Crippen LogP contribution in [0, 0.1) is 27.7 Å². The number of rotatable bonds is 4. The van der Waals surface area contributed by atoms with Crippen LogP contribution in [-0.4, -0.2) is 18.9 Å². The number of carbonyl (C=O) groups excluding carboxylic acids is 2. The summed E-state index contributed by atoms with van der Waals surface area (Å²) in [6.45, 7) is 7.86. The Bertz CT molecular complexity index is 745. The molecule has 0 aliphatic heterocycles. The van der Waals surface area contributed by atoms with E-state index < -0.39 is 11.9 Å². The molecule has 0 fully saturated rings. The average molecular weight is 310 g/mol. The van der Waals surface area contributed by atoms with Crippen molar-refractivity contribution in [1.29, 1.82) is 0 Å². The minimum absolute atomic E-state index is 0.207. The number of benzene rings is 2. The molecule has 0 radical (unpaired) electrons. The van der Waals surface area contributed by atoms with Crippen LogP contribution in [0.2, 0.25) is 0 Å². The van der Waals surface area contributed by atoms with Crippen molar-refractivity contribution in [3.8, 4) is 0 Å². The lowest BCUT2D eigenvalue weighted by atomic mass is 9.84. The number of methoxy groups -OCH3 is 1. The van der Waals surface area contributed by atoms with Crippen molar-refractivity contribution in [2.45, 2.75) is 33.6 Å². The Morgan fingerprint density at radius 3 is 2.09 bits per heavy atom. The van der Waals surface area contributed by atoms with E-state index in [1.165, 1.54) is 7.11 Å². The van der Waals surface area contributed by atoms with Gasteiger partial charge in [0.25, 0.3) is 0 Å². The van der Waals surface area contributed by atoms with E-state index in [1.54, 1.807) is 12.1 Å². The monoisotopic (exact) mass is 310 g/mol. The van der Waals surface area contributed by atoms with E-state index in [2.05, 4.69) is 0 Å². The topological polar surface area (TPSA) is 43.4 Å². The highest BCUT2D eigenvalue weighted by Crippen LogP contribution is 2.29. The predicted molar refractivity (Wildman–Crippen MR) is 90.9 cm³/mol. The standard InChI is InChI=1S/C20H22O3/c1-12-11-13(2)17(15(4)14(12)3)19(21)18(20(22)23-5)16-9-7-6-8-10-16/h6-11,18H,1-5H3. The SMILES string of the molecule is COC(=O)C(C(=O)c1c(C)cc(C)c(C)c1C)c1ccccc1. The second kappa shape index (κ2) is 6.78. The van der Waals surface area contributed by atoms with Crippen LogP contribution in [0.3, 0.4) is 0 Å². The predicted octanol–water partition coefficient (Wildman–Crippen LogP) is 4.06. The second-order valence-electron chi connectivity index (χ2n) is 5.87. The van der Waals surface area contributed by atoms with Gasteiger partial charge in [-0.3, -0.25) is 9.59 Å². The Labute approximate surface area is 137 Å². The minimum atomic E-state index is -0.930. The van der Waals surface area contributed by atoms with Gasteiger partial charge >= 0.3 is 5.97 Å². The quantitative estimate of drug-likeness (QED) is 0.486. The zero-order valence-electron chi connectivity index (χ0n) is 14.3. The number of aryl methyl sites for hydroxylation is 2. The fourth-order valence-electron chi connectivity index (χ4n) is 2.97. The molecule has 23 heavy (non-hydrogen) atoms. The fraction of sp³-hybridized carbons (Fsp3) is 0.300. The molecule has 3 heteroatoms. The molecule has 0 heterocycles. The van der Waals surface area contributed by atoms with Gasteiger partial charge in [-0.15, -0.1) is 0 Å². The summed E-state index contributed by atoms with van der Waals surface area (Å²) in [6.07, 6.45) is 0. The lowest BCUT2D eigenvalue weighted by molar-refractivity contribution is -0.141. The first kappa shape index (κ1) is 16.9. The van der Waals surface area contributed by atoms with E-state index in [9.17, 15) is 9.59 Å². The molecule has 0 N–H and O–H groups in total. The van der Waals surface area contributed by atoms with Crippen molar-refractivity contribution < 1.29 is 14.3 Å². The summed E-state index contributed by atoms with van der Waals surface area (Å²) in [5.74, 6) is -1.67. The van der Waals surface area contributed by atoms with Crippen LogP contribution in [0.1, 0.15) is 44.1 Å². The molecule has 2 aromatic carbocycles. The maximum atomic E-state index is 13.2. The summed E-state index contributed by atoms with van der Waals surface area (Å²) in [4.78, 5) is 25.4. The first-order chi connectivity index (χ1) is 10.9. The van der Waals surface area contributed by atoms with Gasteiger partial charge in [0.05, 0.1) is 7.11 Å². The Morgan fingerprint density at radius 2 is 1.52 bits per heavy atom. The average Bonchev–Trinajstić information content (AvgIpc) is 2.53. The minimum Gasteiger partial charge on any atom is -0.468 e. The molecular weight excluding hydrogens is 288 g/mol. The number of hydrogen-bond donors (Lipinski definition) is 0. The maximum Gasteiger partial charge on any atom is 0.321 e. The smallest absolute Gasteiger partial charge is 0.321 e. The van der Waals surface area contributed by atoms with E-state index in [1.807, 2.05) is 52.0 Å². The third-order valence-electron chi connectivity index (χ3n) is 4.43. The van der Waals surface area contributed by atoms with Crippen LogP contribution in [0.5, 0.6) is 0 Å². The number of ketones is 1. The summed E-state index contributed by atoms with van der Waals surface area (Å²) in [7, 11) is 1.31. The summed E-state index contributed by atoms with van der Waals surface area (Å²) in [5.41, 5.74) is 5.31. The van der Waals surface area contributed by atoms with Crippen LogP contribution < -0.4 is 0 Å². The van der Waals surface area contributed by atoms with Gasteiger partial charge in [-0.1, -0.05) is 36.4 Å². The van der Waals surface area contributed by atoms with E-state index in [-0.39, 0.29) is 5.78 Å². The Morgan fingerprint density at radius 1 is 0.913 bits per heavy atom. The van der Waals surface area contributed by atoms with Gasteiger partial charge in [0, 0.05) is 5.56 Å². The van der Waals surface area contributed by atoms with Crippen molar-refractivity contribution >= 4 is 11.8 Å². The van der Waals surface area contributed by atoms with Gasteiger partial charge in [0.1, 0.15) is 5.92 Å². The van der Waals surface area contributed by atoms with Crippen molar-refractivity contribution in [1.82, 2.24) is 0 Å². The molecule has 0 aliphatic carbocycles. The fourth-order valence-corrected chi connectivity index (χ4v) is 2.97. The molecular formula is C20H22O3. The van der Waals surface area contributed by atoms with Crippen LogP contribution >= 0.6 is 0 Å². The van der Waals surface area contributed by atoms with Gasteiger partial charge in [-0.25, -0.2) is 0 Å². The van der Waals surface area contributed by atoms with Gasteiger partial charge in [0.2, 0.25) is 0 Å². The highest BCUT2D eigenvalue weighted by Gasteiger charge is 2.32. The van der Waals surface area contributed by atoms with Crippen LogP contribution in [-0.2, 0) is 9.53 Å². The normalized spacial score (nSPS) is 11.9. The second-order valence-corrected chi connectivity index (χ2v) is 5.87.